The highest BCUT2D eigenvalue weighted by molar-refractivity contribution is 5.99. The van der Waals surface area contributed by atoms with E-state index >= 15 is 0 Å². The molecule has 0 unspecified atom stereocenters. The molecule has 1 aromatic heterocycles. The minimum atomic E-state index is -0.182. The first-order valence-electron chi connectivity index (χ1n) is 9.05. The molecule has 3 rings (SSSR count). The fourth-order valence-electron chi connectivity index (χ4n) is 3.51. The summed E-state index contributed by atoms with van der Waals surface area (Å²) in [5, 5.41) is 4.35. The summed E-state index contributed by atoms with van der Waals surface area (Å²) in [7, 11) is 1.59. The molecule has 1 aliphatic heterocycles. The normalized spacial score (nSPS) is 17.2. The van der Waals surface area contributed by atoms with Gasteiger partial charge in [0, 0.05) is 31.1 Å². The number of rotatable bonds is 5. The molecule has 138 valence electrons. The Bertz CT molecular complexity index is 812. The Balaban J connectivity index is 1.76. The van der Waals surface area contributed by atoms with Crippen molar-refractivity contribution in [3.8, 4) is 5.75 Å². The number of aryl methyl sites for hydroxylation is 2. The molecule has 1 saturated heterocycles. The molecule has 1 aromatic carbocycles. The lowest BCUT2D eigenvalue weighted by Gasteiger charge is -2.32. The predicted octanol–water partition coefficient (Wildman–Crippen LogP) is 2.96. The second kappa shape index (κ2) is 7.72. The van der Waals surface area contributed by atoms with Crippen molar-refractivity contribution in [2.45, 2.75) is 33.2 Å². The van der Waals surface area contributed by atoms with Crippen LogP contribution >= 0.6 is 0 Å². The average Bonchev–Trinajstić information content (AvgIpc) is 3.07. The maximum Gasteiger partial charge on any atom is 0.272 e. The van der Waals surface area contributed by atoms with Crippen molar-refractivity contribution in [1.82, 2.24) is 14.7 Å². The summed E-state index contributed by atoms with van der Waals surface area (Å²) in [5.41, 5.74) is 2.06. The van der Waals surface area contributed by atoms with Crippen LogP contribution in [0.1, 0.15) is 46.3 Å². The molecule has 0 saturated carbocycles. The number of amides is 1. The van der Waals surface area contributed by atoms with Gasteiger partial charge in [-0.1, -0.05) is 12.1 Å². The molecular formula is C20H25N3O3. The van der Waals surface area contributed by atoms with Crippen molar-refractivity contribution in [1.29, 1.82) is 0 Å². The molecule has 2 heterocycles. The lowest BCUT2D eigenvalue weighted by atomic mass is 9.89. The molecule has 6 nitrogen and oxygen atoms in total. The van der Waals surface area contributed by atoms with Crippen LogP contribution in [-0.2, 0) is 6.54 Å². The van der Waals surface area contributed by atoms with Crippen LogP contribution in [0.5, 0.6) is 5.75 Å². The van der Waals surface area contributed by atoms with Crippen LogP contribution in [0.25, 0.3) is 0 Å². The Morgan fingerprint density at radius 3 is 2.85 bits per heavy atom. The number of nitrogens with zero attached hydrogens (tertiary/aromatic N) is 3. The topological polar surface area (TPSA) is 64.4 Å². The Morgan fingerprint density at radius 1 is 1.31 bits per heavy atom. The van der Waals surface area contributed by atoms with E-state index in [-0.39, 0.29) is 17.6 Å². The van der Waals surface area contributed by atoms with E-state index in [0.29, 0.717) is 36.6 Å². The number of ketones is 1. The molecule has 0 N–H and O–H groups in total. The molecule has 1 atom stereocenters. The van der Waals surface area contributed by atoms with Crippen molar-refractivity contribution >= 4 is 11.7 Å². The van der Waals surface area contributed by atoms with Crippen LogP contribution in [0.2, 0.25) is 0 Å². The minimum Gasteiger partial charge on any atom is -0.497 e. The zero-order chi connectivity index (χ0) is 18.7. The van der Waals surface area contributed by atoms with Crippen molar-refractivity contribution in [2.24, 2.45) is 5.92 Å². The molecule has 0 bridgehead atoms. The van der Waals surface area contributed by atoms with Gasteiger partial charge in [-0.2, -0.15) is 5.10 Å². The van der Waals surface area contributed by atoms with E-state index in [9.17, 15) is 9.59 Å². The highest BCUT2D eigenvalue weighted by Crippen LogP contribution is 2.24. The SMILES string of the molecule is CCn1nc(C)cc1C(=O)N1CCC[C@H](C(=O)c2cccc(OC)c2)C1. The van der Waals surface area contributed by atoms with E-state index in [1.807, 2.05) is 32.0 Å². The van der Waals surface area contributed by atoms with Crippen LogP contribution in [0.3, 0.4) is 0 Å². The van der Waals surface area contributed by atoms with Gasteiger partial charge in [-0.05, 0) is 44.9 Å². The smallest absolute Gasteiger partial charge is 0.272 e. The fourth-order valence-corrected chi connectivity index (χ4v) is 3.51. The summed E-state index contributed by atoms with van der Waals surface area (Å²) in [4.78, 5) is 27.6. The highest BCUT2D eigenvalue weighted by atomic mass is 16.5. The van der Waals surface area contributed by atoms with E-state index in [1.165, 1.54) is 0 Å². The van der Waals surface area contributed by atoms with E-state index < -0.39 is 0 Å². The molecule has 2 aromatic rings. The summed E-state index contributed by atoms with van der Waals surface area (Å²) >= 11 is 0. The molecule has 0 radical (unpaired) electrons. The number of methoxy groups -OCH3 is 1. The number of likely N-dealkylation sites (tertiary alicyclic amines) is 1. The minimum absolute atomic E-state index is 0.0457. The van der Waals surface area contributed by atoms with Crippen molar-refractivity contribution < 1.29 is 14.3 Å². The Morgan fingerprint density at radius 2 is 2.12 bits per heavy atom. The van der Waals surface area contributed by atoms with E-state index in [1.54, 1.807) is 28.8 Å². The fraction of sp³-hybridized carbons (Fsp3) is 0.450. The average molecular weight is 355 g/mol. The summed E-state index contributed by atoms with van der Waals surface area (Å²) in [5.74, 6) is 0.512. The largest absolute Gasteiger partial charge is 0.497 e. The zero-order valence-corrected chi connectivity index (χ0v) is 15.6. The Hall–Kier alpha value is -2.63. The second-order valence-corrected chi connectivity index (χ2v) is 6.67. The Kier molecular flexibility index (Phi) is 5.40. The van der Waals surface area contributed by atoms with E-state index in [2.05, 4.69) is 5.10 Å². The van der Waals surface area contributed by atoms with Crippen molar-refractivity contribution in [3.05, 3.63) is 47.3 Å². The van der Waals surface area contributed by atoms with Crippen LogP contribution in [-0.4, -0.2) is 46.6 Å². The lowest BCUT2D eigenvalue weighted by molar-refractivity contribution is 0.0627. The maximum absolute atomic E-state index is 12.9. The quantitative estimate of drug-likeness (QED) is 0.774. The number of ether oxygens (including phenoxy) is 1. The standard InChI is InChI=1S/C20H25N3O3/c1-4-23-18(11-14(2)21-23)20(25)22-10-6-8-16(13-22)19(24)15-7-5-9-17(12-15)26-3/h5,7,9,11-12,16H,4,6,8,10,13H2,1-3H3/t16-/m0/s1. The lowest BCUT2D eigenvalue weighted by Crippen LogP contribution is -2.43. The van der Waals surface area contributed by atoms with Gasteiger partial charge in [-0.25, -0.2) is 0 Å². The maximum atomic E-state index is 12.9. The molecule has 1 fully saturated rings. The molecule has 6 heteroatoms. The number of benzene rings is 1. The number of piperidine rings is 1. The van der Waals surface area contributed by atoms with Crippen molar-refractivity contribution in [3.63, 3.8) is 0 Å². The first-order valence-corrected chi connectivity index (χ1v) is 9.05. The molecule has 1 aliphatic rings. The number of carbonyl (C=O) groups excluding carboxylic acids is 2. The number of hydrogen-bond acceptors (Lipinski definition) is 4. The third-order valence-corrected chi connectivity index (χ3v) is 4.85. The Labute approximate surface area is 153 Å². The molecule has 1 amide bonds. The van der Waals surface area contributed by atoms with Crippen LogP contribution < -0.4 is 4.74 Å². The van der Waals surface area contributed by atoms with Gasteiger partial charge in [0.2, 0.25) is 0 Å². The van der Waals surface area contributed by atoms with E-state index in [0.717, 1.165) is 18.5 Å². The summed E-state index contributed by atoms with van der Waals surface area (Å²) in [6, 6.07) is 9.03. The molecule has 26 heavy (non-hydrogen) atoms. The highest BCUT2D eigenvalue weighted by Gasteiger charge is 2.30. The summed E-state index contributed by atoms with van der Waals surface area (Å²) in [6.45, 7) is 5.62. The first kappa shape index (κ1) is 18.2. The third-order valence-electron chi connectivity index (χ3n) is 4.85. The van der Waals surface area contributed by atoms with Gasteiger partial charge in [0.15, 0.2) is 5.78 Å². The second-order valence-electron chi connectivity index (χ2n) is 6.67. The van der Waals surface area contributed by atoms with Gasteiger partial charge in [-0.15, -0.1) is 0 Å². The van der Waals surface area contributed by atoms with Crippen LogP contribution in [0, 0.1) is 12.8 Å². The van der Waals surface area contributed by atoms with Gasteiger partial charge in [0.05, 0.1) is 12.8 Å². The van der Waals surface area contributed by atoms with E-state index in [4.69, 9.17) is 4.74 Å². The molecule has 0 aliphatic carbocycles. The molecule has 0 spiro atoms. The third kappa shape index (κ3) is 3.64. The summed E-state index contributed by atoms with van der Waals surface area (Å²) < 4.78 is 6.94. The van der Waals surface area contributed by atoms with Gasteiger partial charge in [0.1, 0.15) is 11.4 Å². The van der Waals surface area contributed by atoms with Gasteiger partial charge >= 0.3 is 0 Å². The van der Waals surface area contributed by atoms with Crippen LogP contribution in [0.4, 0.5) is 0 Å². The van der Waals surface area contributed by atoms with Gasteiger partial charge < -0.3 is 9.64 Å². The van der Waals surface area contributed by atoms with Crippen LogP contribution in [0.15, 0.2) is 30.3 Å². The number of hydrogen-bond donors (Lipinski definition) is 0. The van der Waals surface area contributed by atoms with Gasteiger partial charge in [-0.3, -0.25) is 14.3 Å². The monoisotopic (exact) mass is 355 g/mol. The predicted molar refractivity (Wildman–Crippen MR) is 98.6 cm³/mol. The van der Waals surface area contributed by atoms with Crippen molar-refractivity contribution in [2.75, 3.05) is 20.2 Å². The molecular weight excluding hydrogens is 330 g/mol. The first-order chi connectivity index (χ1) is 12.5. The van der Waals surface area contributed by atoms with Gasteiger partial charge in [0.25, 0.3) is 5.91 Å². The summed E-state index contributed by atoms with van der Waals surface area (Å²) in [6.07, 6.45) is 1.62. The zero-order valence-electron chi connectivity index (χ0n) is 15.6. The number of Topliss-reactive ketones (excluding diaryl/α,β-unsaturated/α-hetero) is 1. The number of aromatic nitrogens is 2. The number of carbonyl (C=O) groups is 2.